The van der Waals surface area contributed by atoms with Gasteiger partial charge in [0.05, 0.1) is 4.75 Å². The highest BCUT2D eigenvalue weighted by Crippen LogP contribution is 2.21. The molecule has 1 rings (SSSR count). The first-order valence-electron chi connectivity index (χ1n) is 5.37. The molecular weight excluding hydrogens is 343 g/mol. The van der Waals surface area contributed by atoms with Crippen molar-refractivity contribution in [3.8, 4) is 0 Å². The van der Waals surface area contributed by atoms with Gasteiger partial charge in [-0.2, -0.15) is 4.40 Å². The van der Waals surface area contributed by atoms with Crippen molar-refractivity contribution < 1.29 is 17.4 Å². The Morgan fingerprint density at radius 3 is 2.42 bits per heavy atom. The number of hydrogen-bond donors (Lipinski definition) is 0. The Morgan fingerprint density at radius 1 is 1.37 bits per heavy atom. The van der Waals surface area contributed by atoms with Crippen molar-refractivity contribution in [3.05, 3.63) is 34.1 Å². The largest absolute Gasteiger partial charge is 0.281 e. The fraction of sp³-hybridized carbons (Fsp3) is 0.417. The van der Waals surface area contributed by atoms with E-state index in [4.69, 9.17) is 0 Å². The van der Waals surface area contributed by atoms with Gasteiger partial charge in [-0.1, -0.05) is 15.9 Å². The lowest BCUT2D eigenvalue weighted by Crippen LogP contribution is -2.23. The molecule has 0 fully saturated rings. The standard InChI is InChI=1S/C12H13BrF3NOS/c1-12(2,3)19(18)17-10(11(15)16)8-6-7(13)4-5-9(8)14/h4-6,11H,1-3H3/t19-/m1/s1. The van der Waals surface area contributed by atoms with Crippen molar-refractivity contribution in [2.45, 2.75) is 31.9 Å². The second kappa shape index (κ2) is 6.17. The lowest BCUT2D eigenvalue weighted by molar-refractivity contribution is 0.226. The van der Waals surface area contributed by atoms with Crippen LogP contribution >= 0.6 is 15.9 Å². The summed E-state index contributed by atoms with van der Waals surface area (Å²) in [6.45, 7) is 4.81. The topological polar surface area (TPSA) is 29.4 Å². The van der Waals surface area contributed by atoms with E-state index in [0.717, 1.165) is 6.07 Å². The molecule has 0 radical (unpaired) electrons. The van der Waals surface area contributed by atoms with Crippen LogP contribution in [0.3, 0.4) is 0 Å². The van der Waals surface area contributed by atoms with Gasteiger partial charge in [0.25, 0.3) is 6.43 Å². The molecule has 7 heteroatoms. The minimum atomic E-state index is -3.00. The van der Waals surface area contributed by atoms with Crippen molar-refractivity contribution in [2.24, 2.45) is 4.40 Å². The monoisotopic (exact) mass is 355 g/mol. The first kappa shape index (κ1) is 16.4. The number of hydrogen-bond acceptors (Lipinski definition) is 1. The van der Waals surface area contributed by atoms with Crippen LogP contribution in [0.5, 0.6) is 0 Å². The molecule has 0 aliphatic carbocycles. The predicted octanol–water partition coefficient (Wildman–Crippen LogP) is 4.10. The molecule has 0 spiro atoms. The van der Waals surface area contributed by atoms with E-state index in [1.807, 2.05) is 0 Å². The summed E-state index contributed by atoms with van der Waals surface area (Å²) < 4.78 is 54.5. The highest BCUT2D eigenvalue weighted by atomic mass is 79.9. The van der Waals surface area contributed by atoms with Crippen LogP contribution in [0.15, 0.2) is 27.1 Å². The quantitative estimate of drug-likeness (QED) is 0.750. The van der Waals surface area contributed by atoms with Gasteiger partial charge in [0, 0.05) is 10.0 Å². The average Bonchev–Trinajstić information content (AvgIpc) is 2.27. The van der Waals surface area contributed by atoms with Gasteiger partial charge < -0.3 is 0 Å². The molecule has 1 atom stereocenters. The summed E-state index contributed by atoms with van der Waals surface area (Å²) in [5.74, 6) is -0.826. The Kier molecular flexibility index (Phi) is 5.32. The molecule has 0 saturated carbocycles. The van der Waals surface area contributed by atoms with Crippen LogP contribution in [-0.4, -0.2) is 21.1 Å². The highest BCUT2D eigenvalue weighted by molar-refractivity contribution is 9.10. The molecule has 0 aliphatic rings. The van der Waals surface area contributed by atoms with Gasteiger partial charge in [0.15, 0.2) is 0 Å². The maximum atomic E-state index is 13.6. The molecule has 106 valence electrons. The van der Waals surface area contributed by atoms with Crippen molar-refractivity contribution in [1.82, 2.24) is 0 Å². The molecular formula is C12H13BrF3NOS. The number of nitrogens with zero attached hydrogens (tertiary/aromatic N) is 1. The number of alkyl halides is 2. The maximum absolute atomic E-state index is 13.6. The minimum Gasteiger partial charge on any atom is -0.234 e. The maximum Gasteiger partial charge on any atom is 0.281 e. The van der Waals surface area contributed by atoms with E-state index in [0.29, 0.717) is 4.47 Å². The van der Waals surface area contributed by atoms with Gasteiger partial charge in [0.1, 0.15) is 22.5 Å². The van der Waals surface area contributed by atoms with Gasteiger partial charge in [0.2, 0.25) is 0 Å². The highest BCUT2D eigenvalue weighted by Gasteiger charge is 2.25. The van der Waals surface area contributed by atoms with E-state index in [-0.39, 0.29) is 5.56 Å². The second-order valence-corrected chi connectivity index (χ2v) is 7.58. The van der Waals surface area contributed by atoms with Crippen LogP contribution in [0.2, 0.25) is 0 Å². The number of benzene rings is 1. The third-order valence-electron chi connectivity index (χ3n) is 2.12. The van der Waals surface area contributed by atoms with Crippen LogP contribution in [0, 0.1) is 5.82 Å². The minimum absolute atomic E-state index is 0.345. The SMILES string of the molecule is CC(C)(C)[S@@](=O)N=C(c1cc(Br)ccc1F)C(F)F. The summed E-state index contributed by atoms with van der Waals surface area (Å²) in [5, 5.41) is 0. The van der Waals surface area contributed by atoms with Crippen LogP contribution < -0.4 is 0 Å². The van der Waals surface area contributed by atoms with E-state index in [2.05, 4.69) is 20.3 Å². The molecule has 0 aromatic heterocycles. The Hall–Kier alpha value is -0.690. The Bertz CT molecular complexity index is 526. The van der Waals surface area contributed by atoms with Crippen molar-refractivity contribution in [1.29, 1.82) is 0 Å². The number of halogens is 4. The van der Waals surface area contributed by atoms with E-state index in [1.54, 1.807) is 20.8 Å². The zero-order valence-electron chi connectivity index (χ0n) is 10.6. The Balaban J connectivity index is 3.33. The van der Waals surface area contributed by atoms with Gasteiger partial charge in [-0.3, -0.25) is 0 Å². The zero-order valence-corrected chi connectivity index (χ0v) is 13.0. The van der Waals surface area contributed by atoms with E-state index < -0.39 is 33.7 Å². The van der Waals surface area contributed by atoms with Crippen molar-refractivity contribution >= 4 is 32.6 Å². The summed E-state index contributed by atoms with van der Waals surface area (Å²) in [6.07, 6.45) is -3.00. The molecule has 0 bridgehead atoms. The average molecular weight is 356 g/mol. The molecule has 1 aromatic carbocycles. The smallest absolute Gasteiger partial charge is 0.234 e. The summed E-state index contributed by atoms with van der Waals surface area (Å²) in [5.41, 5.74) is -1.14. The van der Waals surface area contributed by atoms with Crippen LogP contribution in [0.25, 0.3) is 0 Å². The molecule has 0 heterocycles. The molecule has 0 unspecified atom stereocenters. The summed E-state index contributed by atoms with van der Waals surface area (Å²) >= 11 is 3.08. The lowest BCUT2D eigenvalue weighted by atomic mass is 10.1. The van der Waals surface area contributed by atoms with Crippen LogP contribution in [0.1, 0.15) is 26.3 Å². The summed E-state index contributed by atoms with van der Waals surface area (Å²) in [4.78, 5) is 0. The first-order chi connectivity index (χ1) is 8.62. The zero-order chi connectivity index (χ0) is 14.8. The van der Waals surface area contributed by atoms with E-state index >= 15 is 0 Å². The normalized spacial score (nSPS) is 14.8. The lowest BCUT2D eigenvalue weighted by Gasteiger charge is -2.15. The molecule has 2 nitrogen and oxygen atoms in total. The van der Waals surface area contributed by atoms with E-state index in [9.17, 15) is 17.4 Å². The Labute approximate surface area is 120 Å². The molecule has 0 N–H and O–H groups in total. The van der Waals surface area contributed by atoms with Crippen molar-refractivity contribution in [2.75, 3.05) is 0 Å². The first-order valence-corrected chi connectivity index (χ1v) is 7.27. The molecule has 19 heavy (non-hydrogen) atoms. The molecule has 0 saturated heterocycles. The van der Waals surface area contributed by atoms with Gasteiger partial charge in [-0.15, -0.1) is 0 Å². The predicted molar refractivity (Wildman–Crippen MR) is 74.5 cm³/mol. The van der Waals surface area contributed by atoms with Crippen LogP contribution in [-0.2, 0) is 11.0 Å². The van der Waals surface area contributed by atoms with Crippen LogP contribution in [0.4, 0.5) is 13.2 Å². The second-order valence-electron chi connectivity index (χ2n) is 4.76. The van der Waals surface area contributed by atoms with Gasteiger partial charge in [-0.25, -0.2) is 17.4 Å². The fourth-order valence-electron chi connectivity index (χ4n) is 1.13. The fourth-order valence-corrected chi connectivity index (χ4v) is 2.12. The van der Waals surface area contributed by atoms with Crippen molar-refractivity contribution in [3.63, 3.8) is 0 Å². The molecule has 1 aromatic rings. The third-order valence-corrected chi connectivity index (χ3v) is 4.02. The summed E-state index contributed by atoms with van der Waals surface area (Å²) in [7, 11) is -1.88. The molecule has 0 aliphatic heterocycles. The van der Waals surface area contributed by atoms with Gasteiger partial charge >= 0.3 is 0 Å². The Morgan fingerprint density at radius 2 is 1.95 bits per heavy atom. The third kappa shape index (κ3) is 4.42. The van der Waals surface area contributed by atoms with E-state index in [1.165, 1.54) is 12.1 Å². The number of rotatable bonds is 3. The summed E-state index contributed by atoms with van der Waals surface area (Å²) in [6, 6.07) is 3.64. The van der Waals surface area contributed by atoms with Gasteiger partial charge in [-0.05, 0) is 39.0 Å². The molecule has 0 amide bonds.